The van der Waals surface area contributed by atoms with Crippen LogP contribution >= 0.6 is 11.6 Å². The largest absolute Gasteiger partial charge is 0.337 e. The van der Waals surface area contributed by atoms with Crippen LogP contribution in [0.1, 0.15) is 18.4 Å². The van der Waals surface area contributed by atoms with Crippen LogP contribution in [-0.2, 0) is 6.54 Å². The monoisotopic (exact) mass is 370 g/mol. The standard InChI is InChI=1S/C19H19ClN4O2/c1-3-24(19(25)21-16-9-5-8-15(20)11-16)12-17-22-18(23-26-17)14-7-4-6-13(2)10-14/h4-11H,3,12H2,1-2H3,(H,21,25). The molecule has 2 amide bonds. The summed E-state index contributed by atoms with van der Waals surface area (Å²) in [5.74, 6) is 0.889. The number of aryl methyl sites for hydroxylation is 1. The summed E-state index contributed by atoms with van der Waals surface area (Å²) in [7, 11) is 0. The molecule has 6 nitrogen and oxygen atoms in total. The molecule has 134 valence electrons. The number of amides is 2. The Labute approximate surface area is 156 Å². The van der Waals surface area contributed by atoms with Gasteiger partial charge in [0, 0.05) is 22.8 Å². The number of urea groups is 1. The SMILES string of the molecule is CCN(Cc1nc(-c2cccc(C)c2)no1)C(=O)Nc1cccc(Cl)c1. The second kappa shape index (κ2) is 8.01. The minimum atomic E-state index is -0.259. The minimum absolute atomic E-state index is 0.224. The third-order valence-corrected chi connectivity index (χ3v) is 4.05. The Morgan fingerprint density at radius 3 is 2.77 bits per heavy atom. The number of benzene rings is 2. The summed E-state index contributed by atoms with van der Waals surface area (Å²) in [6, 6.07) is 14.6. The van der Waals surface area contributed by atoms with E-state index in [9.17, 15) is 4.79 Å². The van der Waals surface area contributed by atoms with Gasteiger partial charge in [0.2, 0.25) is 11.7 Å². The van der Waals surface area contributed by atoms with Crippen LogP contribution < -0.4 is 5.32 Å². The molecule has 0 radical (unpaired) electrons. The third-order valence-electron chi connectivity index (χ3n) is 3.82. The van der Waals surface area contributed by atoms with E-state index >= 15 is 0 Å². The van der Waals surface area contributed by atoms with E-state index in [4.69, 9.17) is 16.1 Å². The van der Waals surface area contributed by atoms with Crippen LogP contribution in [0, 0.1) is 6.92 Å². The average Bonchev–Trinajstić information content (AvgIpc) is 3.08. The van der Waals surface area contributed by atoms with E-state index in [0.29, 0.717) is 29.0 Å². The molecule has 2 aromatic carbocycles. The Morgan fingerprint density at radius 1 is 1.23 bits per heavy atom. The van der Waals surface area contributed by atoms with Crippen molar-refractivity contribution >= 4 is 23.3 Å². The van der Waals surface area contributed by atoms with Crippen molar-refractivity contribution in [3.8, 4) is 11.4 Å². The van der Waals surface area contributed by atoms with Crippen LogP contribution in [-0.4, -0.2) is 27.6 Å². The first-order valence-corrected chi connectivity index (χ1v) is 8.64. The summed E-state index contributed by atoms with van der Waals surface area (Å²) >= 11 is 5.95. The Morgan fingerprint density at radius 2 is 2.04 bits per heavy atom. The van der Waals surface area contributed by atoms with Gasteiger partial charge in [-0.1, -0.05) is 46.6 Å². The second-order valence-electron chi connectivity index (χ2n) is 5.84. The van der Waals surface area contributed by atoms with Gasteiger partial charge in [0.25, 0.3) is 0 Å². The lowest BCUT2D eigenvalue weighted by Crippen LogP contribution is -2.34. The van der Waals surface area contributed by atoms with E-state index in [1.165, 1.54) is 0 Å². The lowest BCUT2D eigenvalue weighted by atomic mass is 10.1. The highest BCUT2D eigenvalue weighted by Gasteiger charge is 2.17. The topological polar surface area (TPSA) is 71.3 Å². The molecule has 0 saturated heterocycles. The fraction of sp³-hybridized carbons (Fsp3) is 0.211. The van der Waals surface area contributed by atoms with Gasteiger partial charge in [-0.05, 0) is 38.1 Å². The first kappa shape index (κ1) is 17.9. The maximum absolute atomic E-state index is 12.5. The third kappa shape index (κ3) is 4.40. The van der Waals surface area contributed by atoms with Crippen molar-refractivity contribution in [2.75, 3.05) is 11.9 Å². The highest BCUT2D eigenvalue weighted by Crippen LogP contribution is 2.18. The molecule has 0 fully saturated rings. The summed E-state index contributed by atoms with van der Waals surface area (Å²) in [5.41, 5.74) is 2.63. The number of nitrogens with zero attached hydrogens (tertiary/aromatic N) is 3. The molecule has 0 unspecified atom stereocenters. The zero-order valence-corrected chi connectivity index (χ0v) is 15.3. The summed E-state index contributed by atoms with van der Waals surface area (Å²) in [5, 5.41) is 7.38. The summed E-state index contributed by atoms with van der Waals surface area (Å²) in [4.78, 5) is 18.4. The molecule has 0 aliphatic heterocycles. The molecule has 26 heavy (non-hydrogen) atoms. The lowest BCUT2D eigenvalue weighted by molar-refractivity contribution is 0.203. The van der Waals surface area contributed by atoms with E-state index in [1.807, 2.05) is 38.1 Å². The van der Waals surface area contributed by atoms with Gasteiger partial charge in [-0.25, -0.2) is 4.79 Å². The van der Waals surface area contributed by atoms with E-state index in [2.05, 4.69) is 15.5 Å². The molecule has 7 heteroatoms. The summed E-state index contributed by atoms with van der Waals surface area (Å²) < 4.78 is 5.31. The maximum Gasteiger partial charge on any atom is 0.322 e. The zero-order chi connectivity index (χ0) is 18.5. The van der Waals surface area contributed by atoms with Gasteiger partial charge in [-0.15, -0.1) is 0 Å². The van der Waals surface area contributed by atoms with Gasteiger partial charge >= 0.3 is 6.03 Å². The molecule has 3 rings (SSSR count). The van der Waals surface area contributed by atoms with Crippen molar-refractivity contribution in [2.45, 2.75) is 20.4 Å². The zero-order valence-electron chi connectivity index (χ0n) is 14.6. The van der Waals surface area contributed by atoms with Crippen LogP contribution in [0.15, 0.2) is 53.1 Å². The number of nitrogens with one attached hydrogen (secondary N) is 1. The van der Waals surface area contributed by atoms with Crippen molar-refractivity contribution in [1.82, 2.24) is 15.0 Å². The number of anilines is 1. The van der Waals surface area contributed by atoms with Crippen LogP contribution in [0.4, 0.5) is 10.5 Å². The van der Waals surface area contributed by atoms with Crippen LogP contribution in [0.25, 0.3) is 11.4 Å². The van der Waals surface area contributed by atoms with Crippen LogP contribution in [0.3, 0.4) is 0 Å². The first-order chi connectivity index (χ1) is 12.5. The molecule has 1 aromatic heterocycles. The fourth-order valence-corrected chi connectivity index (χ4v) is 2.67. The number of aromatic nitrogens is 2. The molecular formula is C19H19ClN4O2. The van der Waals surface area contributed by atoms with E-state index in [0.717, 1.165) is 11.1 Å². The molecule has 1 N–H and O–H groups in total. The van der Waals surface area contributed by atoms with E-state index in [-0.39, 0.29) is 12.6 Å². The molecule has 0 bridgehead atoms. The number of rotatable bonds is 5. The van der Waals surface area contributed by atoms with Crippen molar-refractivity contribution in [3.05, 3.63) is 65.0 Å². The van der Waals surface area contributed by atoms with Gasteiger partial charge in [-0.2, -0.15) is 4.98 Å². The van der Waals surface area contributed by atoms with Gasteiger partial charge in [0.05, 0.1) is 0 Å². The van der Waals surface area contributed by atoms with Crippen molar-refractivity contribution < 1.29 is 9.32 Å². The fourth-order valence-electron chi connectivity index (χ4n) is 2.48. The smallest absolute Gasteiger partial charge is 0.322 e. The van der Waals surface area contributed by atoms with Crippen molar-refractivity contribution in [1.29, 1.82) is 0 Å². The molecular weight excluding hydrogens is 352 g/mol. The normalized spacial score (nSPS) is 10.6. The Bertz CT molecular complexity index is 910. The van der Waals surface area contributed by atoms with Gasteiger partial charge in [0.1, 0.15) is 6.54 Å². The lowest BCUT2D eigenvalue weighted by Gasteiger charge is -2.19. The quantitative estimate of drug-likeness (QED) is 0.703. The van der Waals surface area contributed by atoms with E-state index < -0.39 is 0 Å². The van der Waals surface area contributed by atoms with Gasteiger partial charge in [0.15, 0.2) is 0 Å². The van der Waals surface area contributed by atoms with Crippen molar-refractivity contribution in [2.24, 2.45) is 0 Å². The molecule has 1 heterocycles. The number of carbonyl (C=O) groups excluding carboxylic acids is 1. The number of hydrogen-bond acceptors (Lipinski definition) is 4. The second-order valence-corrected chi connectivity index (χ2v) is 6.27. The number of carbonyl (C=O) groups is 1. The number of halogens is 1. The number of hydrogen-bond donors (Lipinski definition) is 1. The van der Waals surface area contributed by atoms with Crippen LogP contribution in [0.2, 0.25) is 5.02 Å². The highest BCUT2D eigenvalue weighted by atomic mass is 35.5. The average molecular weight is 371 g/mol. The maximum atomic E-state index is 12.5. The molecule has 3 aromatic rings. The molecule has 0 spiro atoms. The molecule has 0 aliphatic carbocycles. The Hall–Kier alpha value is -2.86. The Balaban J connectivity index is 1.69. The molecule has 0 atom stereocenters. The highest BCUT2D eigenvalue weighted by molar-refractivity contribution is 6.30. The molecule has 0 saturated carbocycles. The van der Waals surface area contributed by atoms with Gasteiger partial charge < -0.3 is 14.7 Å². The Kier molecular flexibility index (Phi) is 5.53. The minimum Gasteiger partial charge on any atom is -0.337 e. The van der Waals surface area contributed by atoms with Crippen molar-refractivity contribution in [3.63, 3.8) is 0 Å². The van der Waals surface area contributed by atoms with Gasteiger partial charge in [-0.3, -0.25) is 0 Å². The van der Waals surface area contributed by atoms with Crippen LogP contribution in [0.5, 0.6) is 0 Å². The summed E-state index contributed by atoms with van der Waals surface area (Å²) in [6.45, 7) is 4.61. The summed E-state index contributed by atoms with van der Waals surface area (Å²) in [6.07, 6.45) is 0. The predicted molar refractivity (Wildman–Crippen MR) is 101 cm³/mol. The molecule has 0 aliphatic rings. The first-order valence-electron chi connectivity index (χ1n) is 8.26. The van der Waals surface area contributed by atoms with E-state index in [1.54, 1.807) is 29.2 Å². The predicted octanol–water partition coefficient (Wildman–Crippen LogP) is 4.75.